The molecule has 7 heteroatoms. The zero-order chi connectivity index (χ0) is 15.2. The van der Waals surface area contributed by atoms with Crippen molar-refractivity contribution in [1.29, 1.82) is 0 Å². The molecule has 110 valence electrons. The molecule has 0 fully saturated rings. The van der Waals surface area contributed by atoms with Crippen LogP contribution in [0.3, 0.4) is 0 Å². The molecule has 0 aliphatic heterocycles. The minimum Gasteiger partial charge on any atom is -0.479 e. The van der Waals surface area contributed by atoms with Crippen LogP contribution in [0.25, 0.3) is 10.9 Å². The molecule has 1 heterocycles. The van der Waals surface area contributed by atoms with E-state index in [2.05, 4.69) is 15.6 Å². The highest BCUT2D eigenvalue weighted by Gasteiger charge is 2.13. The van der Waals surface area contributed by atoms with Crippen molar-refractivity contribution < 1.29 is 19.8 Å². The molecule has 1 atom stereocenters. The van der Waals surface area contributed by atoms with Crippen molar-refractivity contribution in [3.63, 3.8) is 0 Å². The van der Waals surface area contributed by atoms with Crippen LogP contribution in [0.2, 0.25) is 0 Å². The van der Waals surface area contributed by atoms with Crippen molar-refractivity contribution in [3.8, 4) is 0 Å². The number of anilines is 1. The van der Waals surface area contributed by atoms with E-state index < -0.39 is 18.1 Å². The van der Waals surface area contributed by atoms with Gasteiger partial charge in [-0.3, -0.25) is 4.98 Å². The van der Waals surface area contributed by atoms with Gasteiger partial charge in [0, 0.05) is 24.5 Å². The number of amides is 2. The topological polar surface area (TPSA) is 112 Å². The molecule has 0 aliphatic rings. The fourth-order valence-electron chi connectivity index (χ4n) is 1.82. The van der Waals surface area contributed by atoms with Crippen LogP contribution < -0.4 is 10.6 Å². The fraction of sp³-hybridized carbons (Fsp3) is 0.214. The van der Waals surface area contributed by atoms with Crippen molar-refractivity contribution >= 4 is 28.6 Å². The summed E-state index contributed by atoms with van der Waals surface area (Å²) in [5.74, 6) is -1.31. The van der Waals surface area contributed by atoms with Gasteiger partial charge in [0.2, 0.25) is 0 Å². The molecule has 1 unspecified atom stereocenters. The summed E-state index contributed by atoms with van der Waals surface area (Å²) in [6, 6.07) is 8.61. The first-order valence-electron chi connectivity index (χ1n) is 6.37. The molecule has 2 rings (SSSR count). The number of rotatable bonds is 5. The smallest absolute Gasteiger partial charge is 0.332 e. The highest BCUT2D eigenvalue weighted by molar-refractivity contribution is 5.99. The van der Waals surface area contributed by atoms with Gasteiger partial charge in [-0.05, 0) is 12.1 Å². The van der Waals surface area contributed by atoms with E-state index in [-0.39, 0.29) is 13.0 Å². The van der Waals surface area contributed by atoms with Gasteiger partial charge in [-0.25, -0.2) is 9.59 Å². The predicted octanol–water partition coefficient (Wildman–Crippen LogP) is 1.19. The third kappa shape index (κ3) is 3.90. The lowest BCUT2D eigenvalue weighted by Gasteiger charge is -2.10. The third-order valence-electron chi connectivity index (χ3n) is 2.87. The standard InChI is InChI=1S/C14H15N3O4/c18-11(13(19)20)6-8-16-14(21)17-10-5-1-3-9-4-2-7-15-12(9)10/h1-5,7,11,18H,6,8H2,(H,19,20)(H2,16,17,21). The Hall–Kier alpha value is -2.67. The Morgan fingerprint density at radius 3 is 2.76 bits per heavy atom. The molecule has 0 aliphatic carbocycles. The van der Waals surface area contributed by atoms with Gasteiger partial charge in [-0.1, -0.05) is 18.2 Å². The number of carbonyl (C=O) groups excluding carboxylic acids is 1. The second-order valence-electron chi connectivity index (χ2n) is 4.40. The molecule has 2 amide bonds. The first-order chi connectivity index (χ1) is 10.1. The van der Waals surface area contributed by atoms with Crippen molar-refractivity contribution in [3.05, 3.63) is 36.5 Å². The van der Waals surface area contributed by atoms with Crippen LogP contribution in [0.5, 0.6) is 0 Å². The van der Waals surface area contributed by atoms with E-state index in [1.165, 1.54) is 0 Å². The summed E-state index contributed by atoms with van der Waals surface area (Å²) in [7, 11) is 0. The Morgan fingerprint density at radius 1 is 1.24 bits per heavy atom. The number of aliphatic carboxylic acids is 1. The second kappa shape index (κ2) is 6.67. The number of hydrogen-bond acceptors (Lipinski definition) is 4. The van der Waals surface area contributed by atoms with Gasteiger partial charge < -0.3 is 20.8 Å². The van der Waals surface area contributed by atoms with Gasteiger partial charge >= 0.3 is 12.0 Å². The molecule has 0 radical (unpaired) electrons. The Kier molecular flexibility index (Phi) is 4.68. The van der Waals surface area contributed by atoms with Gasteiger partial charge in [0.15, 0.2) is 6.10 Å². The number of pyridine rings is 1. The molecule has 0 saturated carbocycles. The van der Waals surface area contributed by atoms with Crippen molar-refractivity contribution in [1.82, 2.24) is 10.3 Å². The molecular formula is C14H15N3O4. The van der Waals surface area contributed by atoms with Crippen LogP contribution in [0.4, 0.5) is 10.5 Å². The number of urea groups is 1. The van der Waals surface area contributed by atoms with E-state index in [0.29, 0.717) is 11.2 Å². The highest BCUT2D eigenvalue weighted by atomic mass is 16.4. The summed E-state index contributed by atoms with van der Waals surface area (Å²) in [6.45, 7) is 0.0531. The molecule has 0 saturated heterocycles. The zero-order valence-corrected chi connectivity index (χ0v) is 11.1. The maximum atomic E-state index is 11.7. The largest absolute Gasteiger partial charge is 0.479 e. The minimum atomic E-state index is -1.48. The van der Waals surface area contributed by atoms with E-state index in [0.717, 1.165) is 5.39 Å². The molecule has 7 nitrogen and oxygen atoms in total. The van der Waals surface area contributed by atoms with Gasteiger partial charge in [-0.2, -0.15) is 0 Å². The summed E-state index contributed by atoms with van der Waals surface area (Å²) >= 11 is 0. The van der Waals surface area contributed by atoms with Gasteiger partial charge in [0.05, 0.1) is 11.2 Å². The SMILES string of the molecule is O=C(NCCC(O)C(=O)O)Nc1cccc2cccnc12. The molecule has 4 N–H and O–H groups in total. The maximum Gasteiger partial charge on any atom is 0.332 e. The number of fused-ring (bicyclic) bond motifs is 1. The fourth-order valence-corrected chi connectivity index (χ4v) is 1.82. The second-order valence-corrected chi connectivity index (χ2v) is 4.40. The Labute approximate surface area is 120 Å². The molecular weight excluding hydrogens is 274 g/mol. The first kappa shape index (κ1) is 14.7. The van der Waals surface area contributed by atoms with Crippen molar-refractivity contribution in [2.75, 3.05) is 11.9 Å². The summed E-state index contributed by atoms with van der Waals surface area (Å²) in [5.41, 5.74) is 1.23. The zero-order valence-electron chi connectivity index (χ0n) is 11.1. The maximum absolute atomic E-state index is 11.7. The number of carbonyl (C=O) groups is 2. The quantitative estimate of drug-likeness (QED) is 0.660. The van der Waals surface area contributed by atoms with Crippen molar-refractivity contribution in [2.24, 2.45) is 0 Å². The van der Waals surface area contributed by atoms with Gasteiger partial charge in [-0.15, -0.1) is 0 Å². The van der Waals surface area contributed by atoms with Crippen molar-refractivity contribution in [2.45, 2.75) is 12.5 Å². The molecule has 1 aromatic carbocycles. The van der Waals surface area contributed by atoms with E-state index in [1.54, 1.807) is 24.4 Å². The molecule has 1 aromatic heterocycles. The van der Waals surface area contributed by atoms with E-state index in [1.807, 2.05) is 12.1 Å². The monoisotopic (exact) mass is 289 g/mol. The van der Waals surface area contributed by atoms with Crippen LogP contribution in [0, 0.1) is 0 Å². The van der Waals surface area contributed by atoms with Crippen LogP contribution in [-0.2, 0) is 4.79 Å². The Balaban J connectivity index is 1.94. The number of aromatic nitrogens is 1. The van der Waals surface area contributed by atoms with E-state index >= 15 is 0 Å². The lowest BCUT2D eigenvalue weighted by molar-refractivity contribution is -0.146. The molecule has 21 heavy (non-hydrogen) atoms. The summed E-state index contributed by atoms with van der Waals surface area (Å²) in [5, 5.41) is 23.6. The number of nitrogens with zero attached hydrogens (tertiary/aromatic N) is 1. The lowest BCUT2D eigenvalue weighted by Crippen LogP contribution is -2.33. The van der Waals surface area contributed by atoms with Crippen LogP contribution in [0.15, 0.2) is 36.5 Å². The number of benzene rings is 1. The lowest BCUT2D eigenvalue weighted by atomic mass is 10.2. The summed E-state index contributed by atoms with van der Waals surface area (Å²) in [6.07, 6.45) is 0.0927. The van der Waals surface area contributed by atoms with Crippen LogP contribution in [-0.4, -0.2) is 39.8 Å². The minimum absolute atomic E-state index is 0.0531. The third-order valence-corrected chi connectivity index (χ3v) is 2.87. The summed E-state index contributed by atoms with van der Waals surface area (Å²) < 4.78 is 0. The van der Waals surface area contributed by atoms with Gasteiger partial charge in [0.25, 0.3) is 0 Å². The summed E-state index contributed by atoms with van der Waals surface area (Å²) in [4.78, 5) is 26.4. The average Bonchev–Trinajstić information content (AvgIpc) is 2.47. The number of aliphatic hydroxyl groups excluding tert-OH is 1. The van der Waals surface area contributed by atoms with E-state index in [9.17, 15) is 9.59 Å². The number of nitrogens with one attached hydrogen (secondary N) is 2. The Morgan fingerprint density at radius 2 is 2.00 bits per heavy atom. The molecule has 2 aromatic rings. The number of para-hydroxylation sites is 1. The predicted molar refractivity (Wildman–Crippen MR) is 77.0 cm³/mol. The molecule has 0 spiro atoms. The number of aliphatic hydroxyl groups is 1. The molecule has 0 bridgehead atoms. The average molecular weight is 289 g/mol. The van der Waals surface area contributed by atoms with Crippen LogP contribution >= 0.6 is 0 Å². The first-order valence-corrected chi connectivity index (χ1v) is 6.37. The van der Waals surface area contributed by atoms with Gasteiger partial charge in [0.1, 0.15) is 0 Å². The number of hydrogen-bond donors (Lipinski definition) is 4. The number of carboxylic acid groups (broad SMARTS) is 1. The Bertz CT molecular complexity index is 654. The highest BCUT2D eigenvalue weighted by Crippen LogP contribution is 2.20. The van der Waals surface area contributed by atoms with E-state index in [4.69, 9.17) is 10.2 Å². The number of carboxylic acids is 1. The van der Waals surface area contributed by atoms with Crippen LogP contribution in [0.1, 0.15) is 6.42 Å². The normalized spacial score (nSPS) is 11.9.